The Morgan fingerprint density at radius 1 is 1.28 bits per heavy atom. The van der Waals surface area contributed by atoms with Gasteiger partial charge >= 0.3 is 5.97 Å². The number of ether oxygens (including phenoxy) is 3. The highest BCUT2D eigenvalue weighted by Gasteiger charge is 2.13. The van der Waals surface area contributed by atoms with Crippen molar-refractivity contribution >= 4 is 23.4 Å². The third-order valence-electron chi connectivity index (χ3n) is 3.36. The van der Waals surface area contributed by atoms with E-state index in [1.54, 1.807) is 18.2 Å². The average molecular weight is 356 g/mol. The van der Waals surface area contributed by atoms with Crippen molar-refractivity contribution in [3.63, 3.8) is 0 Å². The standard InChI is InChI=1S/C17H12N2O5S/c20-16(6-4-11-3-5-12-13(8-11)23-10-22-12)21-9-15-18-17(19-24-15)14-2-1-7-25-14/h1-8H,9-10H2/b6-4+. The number of hydrogen-bond donors (Lipinski definition) is 0. The lowest BCUT2D eigenvalue weighted by Crippen LogP contribution is -2.00. The van der Waals surface area contributed by atoms with Crippen LogP contribution in [0.4, 0.5) is 0 Å². The fraction of sp³-hybridized carbons (Fsp3) is 0.118. The fourth-order valence-electron chi connectivity index (χ4n) is 2.18. The van der Waals surface area contributed by atoms with Gasteiger partial charge in [-0.2, -0.15) is 4.98 Å². The van der Waals surface area contributed by atoms with E-state index in [4.69, 9.17) is 18.7 Å². The summed E-state index contributed by atoms with van der Waals surface area (Å²) < 4.78 is 20.7. The van der Waals surface area contributed by atoms with Gasteiger partial charge in [-0.3, -0.25) is 0 Å². The van der Waals surface area contributed by atoms with Crippen LogP contribution in [0.1, 0.15) is 11.5 Å². The molecular formula is C17H12N2O5S. The molecule has 0 saturated heterocycles. The van der Waals surface area contributed by atoms with E-state index in [-0.39, 0.29) is 19.3 Å². The molecule has 0 fully saturated rings. The van der Waals surface area contributed by atoms with Crippen molar-refractivity contribution in [3.05, 3.63) is 53.2 Å². The number of carbonyl (C=O) groups is 1. The van der Waals surface area contributed by atoms with Crippen LogP contribution in [0.2, 0.25) is 0 Å². The van der Waals surface area contributed by atoms with Crippen LogP contribution in [0.15, 0.2) is 46.3 Å². The van der Waals surface area contributed by atoms with Gasteiger partial charge in [0, 0.05) is 6.08 Å². The molecule has 25 heavy (non-hydrogen) atoms. The van der Waals surface area contributed by atoms with Gasteiger partial charge in [0.25, 0.3) is 5.89 Å². The maximum Gasteiger partial charge on any atom is 0.331 e. The number of fused-ring (bicyclic) bond motifs is 1. The van der Waals surface area contributed by atoms with E-state index in [9.17, 15) is 4.79 Å². The maximum absolute atomic E-state index is 11.8. The molecular weight excluding hydrogens is 344 g/mol. The van der Waals surface area contributed by atoms with Crippen molar-refractivity contribution in [2.75, 3.05) is 6.79 Å². The summed E-state index contributed by atoms with van der Waals surface area (Å²) in [6.07, 6.45) is 2.96. The summed E-state index contributed by atoms with van der Waals surface area (Å²) in [4.78, 5) is 16.9. The molecule has 0 saturated carbocycles. The van der Waals surface area contributed by atoms with Crippen molar-refractivity contribution in [2.24, 2.45) is 0 Å². The molecule has 1 aromatic carbocycles. The zero-order valence-electron chi connectivity index (χ0n) is 12.9. The first-order chi connectivity index (χ1) is 12.3. The van der Waals surface area contributed by atoms with Gasteiger partial charge in [0.05, 0.1) is 4.88 Å². The van der Waals surface area contributed by atoms with Crippen LogP contribution in [0.25, 0.3) is 16.8 Å². The fourth-order valence-corrected chi connectivity index (χ4v) is 2.83. The van der Waals surface area contributed by atoms with E-state index >= 15 is 0 Å². The predicted octanol–water partition coefficient (Wildman–Crippen LogP) is 3.28. The van der Waals surface area contributed by atoms with E-state index in [0.717, 1.165) is 10.4 Å². The third-order valence-corrected chi connectivity index (χ3v) is 4.22. The number of nitrogens with zero attached hydrogens (tertiary/aromatic N) is 2. The number of carbonyl (C=O) groups excluding carboxylic acids is 1. The molecule has 0 spiro atoms. The maximum atomic E-state index is 11.8. The van der Waals surface area contributed by atoms with Crippen LogP contribution in [0.5, 0.6) is 11.5 Å². The van der Waals surface area contributed by atoms with E-state index in [1.165, 1.54) is 17.4 Å². The van der Waals surface area contributed by atoms with E-state index in [0.29, 0.717) is 17.3 Å². The Labute approximate surface area is 146 Å². The molecule has 0 aliphatic carbocycles. The highest BCUT2D eigenvalue weighted by atomic mass is 32.1. The summed E-state index contributed by atoms with van der Waals surface area (Å²) in [5.41, 5.74) is 0.805. The Bertz CT molecular complexity index is 917. The van der Waals surface area contributed by atoms with Gasteiger partial charge in [-0.05, 0) is 35.2 Å². The summed E-state index contributed by atoms with van der Waals surface area (Å²) in [6.45, 7) is 0.130. The van der Waals surface area contributed by atoms with Crippen LogP contribution >= 0.6 is 11.3 Å². The Balaban J connectivity index is 1.33. The van der Waals surface area contributed by atoms with Gasteiger partial charge < -0.3 is 18.7 Å². The Morgan fingerprint density at radius 3 is 3.08 bits per heavy atom. The molecule has 0 N–H and O–H groups in total. The molecule has 126 valence electrons. The quantitative estimate of drug-likeness (QED) is 0.512. The van der Waals surface area contributed by atoms with Gasteiger partial charge in [-0.1, -0.05) is 17.3 Å². The van der Waals surface area contributed by atoms with Crippen molar-refractivity contribution < 1.29 is 23.5 Å². The molecule has 8 heteroatoms. The summed E-state index contributed by atoms with van der Waals surface area (Å²) in [5, 5.41) is 5.78. The van der Waals surface area contributed by atoms with Gasteiger partial charge in [0.1, 0.15) is 0 Å². The number of esters is 1. The molecule has 1 aliphatic rings. The molecule has 1 aliphatic heterocycles. The molecule has 0 amide bonds. The zero-order chi connectivity index (χ0) is 17.1. The summed E-state index contributed by atoms with van der Waals surface area (Å²) in [7, 11) is 0. The topological polar surface area (TPSA) is 83.7 Å². The largest absolute Gasteiger partial charge is 0.454 e. The van der Waals surface area contributed by atoms with Crippen LogP contribution in [-0.4, -0.2) is 22.9 Å². The number of rotatable bonds is 5. The molecule has 0 atom stereocenters. The van der Waals surface area contributed by atoms with Crippen LogP contribution < -0.4 is 9.47 Å². The lowest BCUT2D eigenvalue weighted by atomic mass is 10.2. The summed E-state index contributed by atoms with van der Waals surface area (Å²) in [5.74, 6) is 1.57. The first-order valence-electron chi connectivity index (χ1n) is 7.39. The van der Waals surface area contributed by atoms with Gasteiger partial charge in [0.2, 0.25) is 12.6 Å². The SMILES string of the molecule is O=C(/C=C/c1ccc2c(c1)OCO2)OCc1nc(-c2cccs2)no1. The highest BCUT2D eigenvalue weighted by molar-refractivity contribution is 7.13. The van der Waals surface area contributed by atoms with Crippen molar-refractivity contribution in [3.8, 4) is 22.2 Å². The molecule has 0 unspecified atom stereocenters. The Hall–Kier alpha value is -3.13. The minimum atomic E-state index is -0.506. The average Bonchev–Trinajstić information content (AvgIpc) is 3.38. The third kappa shape index (κ3) is 3.53. The zero-order valence-corrected chi connectivity index (χ0v) is 13.7. The van der Waals surface area contributed by atoms with Crippen molar-refractivity contribution in [2.45, 2.75) is 6.61 Å². The first-order valence-corrected chi connectivity index (χ1v) is 8.27. The minimum Gasteiger partial charge on any atom is -0.454 e. The van der Waals surface area contributed by atoms with E-state index < -0.39 is 5.97 Å². The number of hydrogen-bond acceptors (Lipinski definition) is 8. The van der Waals surface area contributed by atoms with Crippen molar-refractivity contribution in [1.82, 2.24) is 10.1 Å². The lowest BCUT2D eigenvalue weighted by molar-refractivity contribution is -0.139. The molecule has 0 bridgehead atoms. The molecule has 7 nitrogen and oxygen atoms in total. The predicted molar refractivity (Wildman–Crippen MR) is 89.0 cm³/mol. The molecule has 0 radical (unpaired) electrons. The second-order valence-electron chi connectivity index (χ2n) is 5.04. The second-order valence-corrected chi connectivity index (χ2v) is 5.99. The summed E-state index contributed by atoms with van der Waals surface area (Å²) >= 11 is 1.50. The first kappa shape index (κ1) is 15.4. The lowest BCUT2D eigenvalue weighted by Gasteiger charge is -1.98. The Morgan fingerprint density at radius 2 is 2.20 bits per heavy atom. The minimum absolute atomic E-state index is 0.0807. The Kier molecular flexibility index (Phi) is 4.17. The van der Waals surface area contributed by atoms with Gasteiger partial charge in [0.15, 0.2) is 18.1 Å². The van der Waals surface area contributed by atoms with Crippen LogP contribution in [-0.2, 0) is 16.1 Å². The molecule has 3 aromatic rings. The molecule has 2 aromatic heterocycles. The van der Waals surface area contributed by atoms with Gasteiger partial charge in [-0.25, -0.2) is 4.79 Å². The highest BCUT2D eigenvalue weighted by Crippen LogP contribution is 2.32. The van der Waals surface area contributed by atoms with Crippen molar-refractivity contribution in [1.29, 1.82) is 0 Å². The second kappa shape index (κ2) is 6.78. The van der Waals surface area contributed by atoms with Crippen LogP contribution in [0, 0.1) is 0 Å². The number of thiophene rings is 1. The smallest absolute Gasteiger partial charge is 0.331 e. The summed E-state index contributed by atoms with van der Waals surface area (Å²) in [6, 6.07) is 9.19. The van der Waals surface area contributed by atoms with Crippen LogP contribution in [0.3, 0.4) is 0 Å². The molecule has 3 heterocycles. The van der Waals surface area contributed by atoms with Gasteiger partial charge in [-0.15, -0.1) is 11.3 Å². The number of aromatic nitrogens is 2. The monoisotopic (exact) mass is 356 g/mol. The van der Waals surface area contributed by atoms with E-state index in [1.807, 2.05) is 23.6 Å². The van der Waals surface area contributed by atoms with E-state index in [2.05, 4.69) is 10.1 Å². The number of benzene rings is 1. The normalized spacial score (nSPS) is 12.6. The molecule has 4 rings (SSSR count).